The number of nitrogens with one attached hydrogen (secondary N) is 1. The molecule has 6 nitrogen and oxygen atoms in total. The van der Waals surface area contributed by atoms with E-state index in [1.807, 2.05) is 66.6 Å². The van der Waals surface area contributed by atoms with Crippen molar-refractivity contribution in [2.75, 3.05) is 18.1 Å². The summed E-state index contributed by atoms with van der Waals surface area (Å²) in [7, 11) is 0. The van der Waals surface area contributed by atoms with E-state index >= 15 is 0 Å². The maximum atomic E-state index is 13.2. The van der Waals surface area contributed by atoms with Crippen LogP contribution in [0.25, 0.3) is 0 Å². The van der Waals surface area contributed by atoms with E-state index in [1.165, 1.54) is 0 Å². The Hall–Kier alpha value is -2.02. The van der Waals surface area contributed by atoms with Crippen molar-refractivity contribution in [3.05, 3.63) is 35.4 Å². The summed E-state index contributed by atoms with van der Waals surface area (Å²) in [5.41, 5.74) is 1.12. The molecular formula is C23H31N3O3S. The molecular weight excluding hydrogens is 398 g/mol. The van der Waals surface area contributed by atoms with Gasteiger partial charge in [-0.25, -0.2) is 0 Å². The lowest BCUT2D eigenvalue weighted by Gasteiger charge is -2.44. The monoisotopic (exact) mass is 429 g/mol. The predicted octanol–water partition coefficient (Wildman–Crippen LogP) is 2.81. The van der Waals surface area contributed by atoms with Gasteiger partial charge in [-0.15, -0.1) is 0 Å². The lowest BCUT2D eigenvalue weighted by atomic mass is 9.86. The van der Waals surface area contributed by atoms with Gasteiger partial charge in [0.2, 0.25) is 11.8 Å². The molecule has 2 saturated heterocycles. The third-order valence-electron chi connectivity index (χ3n) is 6.61. The van der Waals surface area contributed by atoms with Crippen molar-refractivity contribution in [2.24, 2.45) is 0 Å². The van der Waals surface area contributed by atoms with E-state index in [1.54, 1.807) is 0 Å². The molecule has 1 atom stereocenters. The van der Waals surface area contributed by atoms with E-state index in [2.05, 4.69) is 5.32 Å². The molecule has 30 heavy (non-hydrogen) atoms. The minimum absolute atomic E-state index is 0.0419. The maximum absolute atomic E-state index is 13.2. The molecule has 0 aromatic heterocycles. The van der Waals surface area contributed by atoms with Crippen LogP contribution in [0.2, 0.25) is 0 Å². The van der Waals surface area contributed by atoms with Gasteiger partial charge in [0.05, 0.1) is 11.6 Å². The molecule has 4 rings (SSSR count). The van der Waals surface area contributed by atoms with Crippen molar-refractivity contribution >= 4 is 29.5 Å². The van der Waals surface area contributed by atoms with E-state index < -0.39 is 5.54 Å². The Morgan fingerprint density at radius 3 is 2.53 bits per heavy atom. The average molecular weight is 430 g/mol. The van der Waals surface area contributed by atoms with Crippen LogP contribution in [-0.2, 0) is 16.1 Å². The first-order valence-electron chi connectivity index (χ1n) is 10.8. The third kappa shape index (κ3) is 3.96. The van der Waals surface area contributed by atoms with Crippen LogP contribution in [0.1, 0.15) is 62.4 Å². The lowest BCUT2D eigenvalue weighted by molar-refractivity contribution is -0.131. The topological polar surface area (TPSA) is 69.7 Å². The van der Waals surface area contributed by atoms with Gasteiger partial charge < -0.3 is 15.1 Å². The number of benzene rings is 1. The molecule has 3 amide bonds. The second kappa shape index (κ2) is 7.91. The number of likely N-dealkylation sites (tertiary alicyclic amines) is 1. The number of hydrogen-bond donors (Lipinski definition) is 1. The minimum atomic E-state index is -0.447. The second-order valence-electron chi connectivity index (χ2n) is 9.71. The van der Waals surface area contributed by atoms with Crippen LogP contribution in [0.4, 0.5) is 0 Å². The highest BCUT2D eigenvalue weighted by Crippen LogP contribution is 2.40. The molecule has 1 N–H and O–H groups in total. The fourth-order valence-electron chi connectivity index (χ4n) is 4.96. The highest BCUT2D eigenvalue weighted by Gasteiger charge is 2.46. The number of amides is 3. The molecule has 0 spiro atoms. The second-order valence-corrected chi connectivity index (χ2v) is 10.9. The molecule has 0 saturated carbocycles. The number of thioether (sulfide) groups is 1. The molecule has 3 aliphatic rings. The van der Waals surface area contributed by atoms with E-state index in [0.29, 0.717) is 25.9 Å². The van der Waals surface area contributed by atoms with Crippen molar-refractivity contribution in [3.63, 3.8) is 0 Å². The number of fused-ring (bicyclic) bond motifs is 1. The number of rotatable bonds is 4. The SMILES string of the molecule is CC(C)(C)N1CC(NC(=O)CC2(N3Cc4ccccc4C3=O)CCSCC2)CC1=O. The van der Waals surface area contributed by atoms with Crippen LogP contribution in [0.15, 0.2) is 24.3 Å². The van der Waals surface area contributed by atoms with Crippen molar-refractivity contribution in [1.82, 2.24) is 15.1 Å². The van der Waals surface area contributed by atoms with E-state index in [4.69, 9.17) is 0 Å². The van der Waals surface area contributed by atoms with Gasteiger partial charge in [0, 0.05) is 37.0 Å². The van der Waals surface area contributed by atoms with Gasteiger partial charge >= 0.3 is 0 Å². The van der Waals surface area contributed by atoms with Gasteiger partial charge in [-0.05, 0) is 56.7 Å². The van der Waals surface area contributed by atoms with Crippen LogP contribution in [-0.4, -0.2) is 62.7 Å². The van der Waals surface area contributed by atoms with Crippen LogP contribution in [0.5, 0.6) is 0 Å². The first-order chi connectivity index (χ1) is 14.2. The fraction of sp³-hybridized carbons (Fsp3) is 0.609. The number of nitrogens with zero attached hydrogens (tertiary/aromatic N) is 2. The van der Waals surface area contributed by atoms with Gasteiger partial charge in [0.1, 0.15) is 0 Å². The molecule has 2 fully saturated rings. The highest BCUT2D eigenvalue weighted by molar-refractivity contribution is 7.99. The van der Waals surface area contributed by atoms with Crippen molar-refractivity contribution in [2.45, 2.75) is 70.1 Å². The van der Waals surface area contributed by atoms with Crippen LogP contribution < -0.4 is 5.32 Å². The van der Waals surface area contributed by atoms with Crippen LogP contribution in [0.3, 0.4) is 0 Å². The summed E-state index contributed by atoms with van der Waals surface area (Å²) in [5.74, 6) is 1.97. The zero-order valence-corrected chi connectivity index (χ0v) is 18.9. The molecule has 1 aromatic rings. The summed E-state index contributed by atoms with van der Waals surface area (Å²) in [4.78, 5) is 42.4. The molecule has 7 heteroatoms. The maximum Gasteiger partial charge on any atom is 0.254 e. The summed E-state index contributed by atoms with van der Waals surface area (Å²) in [6.07, 6.45) is 2.29. The van der Waals surface area contributed by atoms with Crippen molar-refractivity contribution in [3.8, 4) is 0 Å². The van der Waals surface area contributed by atoms with E-state index in [-0.39, 0.29) is 29.3 Å². The predicted molar refractivity (Wildman–Crippen MR) is 118 cm³/mol. The van der Waals surface area contributed by atoms with Gasteiger partial charge in [0.15, 0.2) is 0 Å². The number of carbonyl (C=O) groups excluding carboxylic acids is 3. The molecule has 1 aromatic carbocycles. The van der Waals surface area contributed by atoms with Gasteiger partial charge in [-0.3, -0.25) is 14.4 Å². The van der Waals surface area contributed by atoms with Crippen molar-refractivity contribution < 1.29 is 14.4 Å². The number of carbonyl (C=O) groups is 3. The molecule has 162 valence electrons. The van der Waals surface area contributed by atoms with Gasteiger partial charge in [-0.2, -0.15) is 11.8 Å². The number of hydrogen-bond acceptors (Lipinski definition) is 4. The first-order valence-corrected chi connectivity index (χ1v) is 11.9. The third-order valence-corrected chi connectivity index (χ3v) is 7.59. The molecule has 1 unspecified atom stereocenters. The van der Waals surface area contributed by atoms with E-state index in [0.717, 1.165) is 35.5 Å². The average Bonchev–Trinajstić information content (AvgIpc) is 3.23. The molecule has 3 heterocycles. The van der Waals surface area contributed by atoms with Crippen molar-refractivity contribution in [1.29, 1.82) is 0 Å². The summed E-state index contributed by atoms with van der Waals surface area (Å²) >= 11 is 1.88. The van der Waals surface area contributed by atoms with Gasteiger partial charge in [-0.1, -0.05) is 18.2 Å². The Balaban J connectivity index is 1.47. The van der Waals surface area contributed by atoms with Crippen LogP contribution >= 0.6 is 11.8 Å². The Labute approximate surface area is 182 Å². The summed E-state index contributed by atoms with van der Waals surface area (Å²) in [6, 6.07) is 7.58. The standard InChI is InChI=1S/C23H31N3O3S/c1-22(2,3)25-15-17(12-20(25)28)24-19(27)13-23(8-10-30-11-9-23)26-14-16-6-4-5-7-18(16)21(26)29/h4-7,17H,8-15H2,1-3H3,(H,24,27). The fourth-order valence-corrected chi connectivity index (χ4v) is 6.21. The summed E-state index contributed by atoms with van der Waals surface area (Å²) in [5, 5.41) is 3.10. The Morgan fingerprint density at radius 2 is 1.90 bits per heavy atom. The first kappa shape index (κ1) is 21.2. The highest BCUT2D eigenvalue weighted by atomic mass is 32.2. The summed E-state index contributed by atoms with van der Waals surface area (Å²) in [6.45, 7) is 7.17. The molecule has 3 aliphatic heterocycles. The smallest absolute Gasteiger partial charge is 0.254 e. The van der Waals surface area contributed by atoms with E-state index in [9.17, 15) is 14.4 Å². The zero-order chi connectivity index (χ0) is 21.5. The quantitative estimate of drug-likeness (QED) is 0.799. The Morgan fingerprint density at radius 1 is 1.20 bits per heavy atom. The van der Waals surface area contributed by atoms with Crippen LogP contribution in [0, 0.1) is 0 Å². The molecule has 0 radical (unpaired) electrons. The largest absolute Gasteiger partial charge is 0.351 e. The zero-order valence-electron chi connectivity index (χ0n) is 18.1. The van der Waals surface area contributed by atoms with Gasteiger partial charge in [0.25, 0.3) is 5.91 Å². The summed E-state index contributed by atoms with van der Waals surface area (Å²) < 4.78 is 0. The Bertz CT molecular complexity index is 857. The lowest BCUT2D eigenvalue weighted by Crippen LogP contribution is -2.54. The normalized spacial score (nSPS) is 23.6. The minimum Gasteiger partial charge on any atom is -0.351 e. The molecule has 0 aliphatic carbocycles. The Kier molecular flexibility index (Phi) is 5.60. The molecule has 0 bridgehead atoms.